The summed E-state index contributed by atoms with van der Waals surface area (Å²) in [5.74, 6) is 0.253. The molecule has 1 aromatic heterocycles. The molecule has 1 aliphatic rings. The molecule has 2 unspecified atom stereocenters. The standard InChI is InChI=1S/C19H31N5O3/c1-12-11-14(25)23-17(22-12)21-10-9-20-16(27)19(4)8-7-13(18(19,2)3)15(26)24(5)6/h11,13H,7-10H2,1-6H3,(H,20,27)(H2,21,22,23,25). The van der Waals surface area contributed by atoms with Crippen molar-refractivity contribution in [3.05, 3.63) is 22.1 Å². The number of rotatable bonds is 6. The van der Waals surface area contributed by atoms with Gasteiger partial charge in [0, 0.05) is 44.9 Å². The minimum Gasteiger partial charge on any atom is -0.354 e. The Morgan fingerprint density at radius 2 is 1.96 bits per heavy atom. The van der Waals surface area contributed by atoms with E-state index in [1.807, 2.05) is 20.8 Å². The second-order valence-electron chi connectivity index (χ2n) is 8.30. The van der Waals surface area contributed by atoms with Crippen LogP contribution in [0.15, 0.2) is 10.9 Å². The number of H-pyrrole nitrogens is 1. The summed E-state index contributed by atoms with van der Waals surface area (Å²) in [6.45, 7) is 8.54. The third-order valence-electron chi connectivity index (χ3n) is 6.04. The van der Waals surface area contributed by atoms with Gasteiger partial charge in [-0.05, 0) is 25.2 Å². The van der Waals surface area contributed by atoms with Crippen LogP contribution in [0, 0.1) is 23.7 Å². The predicted molar refractivity (Wildman–Crippen MR) is 104 cm³/mol. The molecule has 1 heterocycles. The van der Waals surface area contributed by atoms with Crippen LogP contribution in [0.2, 0.25) is 0 Å². The van der Waals surface area contributed by atoms with E-state index in [9.17, 15) is 14.4 Å². The molecule has 3 N–H and O–H groups in total. The number of anilines is 1. The van der Waals surface area contributed by atoms with Gasteiger partial charge in [0.2, 0.25) is 17.8 Å². The quantitative estimate of drug-likeness (QED) is 0.645. The molecule has 0 radical (unpaired) electrons. The highest BCUT2D eigenvalue weighted by atomic mass is 16.2. The van der Waals surface area contributed by atoms with Crippen molar-refractivity contribution in [3.8, 4) is 0 Å². The molecule has 0 aliphatic heterocycles. The lowest BCUT2D eigenvalue weighted by Gasteiger charge is -2.40. The molecule has 1 fully saturated rings. The van der Waals surface area contributed by atoms with Crippen molar-refractivity contribution in [2.24, 2.45) is 16.7 Å². The van der Waals surface area contributed by atoms with E-state index in [1.54, 1.807) is 25.9 Å². The summed E-state index contributed by atoms with van der Waals surface area (Å²) in [5, 5.41) is 5.97. The summed E-state index contributed by atoms with van der Waals surface area (Å²) in [4.78, 5) is 45.2. The molecule has 0 aromatic carbocycles. The van der Waals surface area contributed by atoms with Crippen LogP contribution < -0.4 is 16.2 Å². The van der Waals surface area contributed by atoms with Gasteiger partial charge < -0.3 is 15.5 Å². The van der Waals surface area contributed by atoms with E-state index in [0.717, 1.165) is 0 Å². The van der Waals surface area contributed by atoms with Gasteiger partial charge in [-0.2, -0.15) is 0 Å². The molecule has 27 heavy (non-hydrogen) atoms. The molecule has 1 aliphatic carbocycles. The Morgan fingerprint density at radius 1 is 1.30 bits per heavy atom. The largest absolute Gasteiger partial charge is 0.354 e. The average molecular weight is 377 g/mol. The molecule has 0 spiro atoms. The molecule has 1 aromatic rings. The first kappa shape index (κ1) is 20.9. The van der Waals surface area contributed by atoms with Crippen LogP contribution in [0.4, 0.5) is 5.95 Å². The Kier molecular flexibility index (Phi) is 5.97. The number of carbonyl (C=O) groups excluding carboxylic acids is 2. The first-order chi connectivity index (χ1) is 12.5. The van der Waals surface area contributed by atoms with Crippen LogP contribution in [0.5, 0.6) is 0 Å². The SMILES string of the molecule is Cc1cc(=O)[nH]c(NCCNC(=O)C2(C)CCC(C(=O)N(C)C)C2(C)C)n1. The maximum absolute atomic E-state index is 12.9. The zero-order valence-electron chi connectivity index (χ0n) is 17.1. The molecule has 2 amide bonds. The first-order valence-electron chi connectivity index (χ1n) is 9.30. The number of nitrogens with one attached hydrogen (secondary N) is 3. The van der Waals surface area contributed by atoms with Crippen molar-refractivity contribution in [3.63, 3.8) is 0 Å². The van der Waals surface area contributed by atoms with E-state index in [0.29, 0.717) is 37.6 Å². The van der Waals surface area contributed by atoms with Crippen molar-refractivity contribution in [1.82, 2.24) is 20.2 Å². The summed E-state index contributed by atoms with van der Waals surface area (Å²) >= 11 is 0. The fourth-order valence-corrected chi connectivity index (χ4v) is 3.87. The third kappa shape index (κ3) is 4.14. The van der Waals surface area contributed by atoms with Crippen LogP contribution in [0.25, 0.3) is 0 Å². The van der Waals surface area contributed by atoms with Crippen molar-refractivity contribution in [2.45, 2.75) is 40.5 Å². The lowest BCUT2D eigenvalue weighted by Crippen LogP contribution is -2.50. The Hall–Kier alpha value is -2.38. The van der Waals surface area contributed by atoms with Gasteiger partial charge in [-0.3, -0.25) is 19.4 Å². The zero-order valence-corrected chi connectivity index (χ0v) is 17.1. The Labute approximate surface area is 160 Å². The number of aromatic amines is 1. The van der Waals surface area contributed by atoms with E-state index in [4.69, 9.17) is 0 Å². The van der Waals surface area contributed by atoms with Gasteiger partial charge in [0.25, 0.3) is 5.56 Å². The molecular weight excluding hydrogens is 346 g/mol. The molecule has 2 rings (SSSR count). The summed E-state index contributed by atoms with van der Waals surface area (Å²) in [5.41, 5.74) is -0.637. The van der Waals surface area contributed by atoms with Gasteiger partial charge in [0.05, 0.1) is 5.41 Å². The Bertz CT molecular complexity index is 771. The number of nitrogens with zero attached hydrogens (tertiary/aromatic N) is 2. The van der Waals surface area contributed by atoms with Gasteiger partial charge in [-0.15, -0.1) is 0 Å². The Balaban J connectivity index is 1.95. The van der Waals surface area contributed by atoms with Crippen molar-refractivity contribution < 1.29 is 9.59 Å². The summed E-state index contributed by atoms with van der Waals surface area (Å²) in [6.07, 6.45) is 1.39. The fourth-order valence-electron chi connectivity index (χ4n) is 3.87. The normalized spacial score (nSPS) is 23.7. The van der Waals surface area contributed by atoms with E-state index in [-0.39, 0.29) is 23.3 Å². The number of aromatic nitrogens is 2. The summed E-state index contributed by atoms with van der Waals surface area (Å²) < 4.78 is 0. The minimum atomic E-state index is -0.612. The van der Waals surface area contributed by atoms with Crippen molar-refractivity contribution in [2.75, 3.05) is 32.5 Å². The van der Waals surface area contributed by atoms with Crippen LogP contribution in [0.1, 0.15) is 39.3 Å². The number of hydrogen-bond acceptors (Lipinski definition) is 5. The van der Waals surface area contributed by atoms with Crippen LogP contribution >= 0.6 is 0 Å². The molecule has 1 saturated carbocycles. The van der Waals surface area contributed by atoms with Gasteiger partial charge in [-0.25, -0.2) is 4.98 Å². The summed E-state index contributed by atoms with van der Waals surface area (Å²) in [6, 6.07) is 1.42. The smallest absolute Gasteiger partial charge is 0.252 e. The van der Waals surface area contributed by atoms with E-state index in [1.165, 1.54) is 6.07 Å². The second-order valence-corrected chi connectivity index (χ2v) is 8.30. The number of aryl methyl sites for hydroxylation is 1. The molecular formula is C19H31N5O3. The third-order valence-corrected chi connectivity index (χ3v) is 6.04. The van der Waals surface area contributed by atoms with Crippen molar-refractivity contribution >= 4 is 17.8 Å². The maximum Gasteiger partial charge on any atom is 0.252 e. The lowest BCUT2D eigenvalue weighted by atomic mass is 9.65. The molecule has 0 saturated heterocycles. The topological polar surface area (TPSA) is 107 Å². The minimum absolute atomic E-state index is 0.0472. The second kappa shape index (κ2) is 7.70. The number of amides is 2. The molecule has 2 atom stereocenters. The lowest BCUT2D eigenvalue weighted by molar-refractivity contribution is -0.142. The van der Waals surface area contributed by atoms with E-state index in [2.05, 4.69) is 20.6 Å². The van der Waals surface area contributed by atoms with Gasteiger partial charge in [0.1, 0.15) is 0 Å². The number of hydrogen-bond donors (Lipinski definition) is 3. The maximum atomic E-state index is 12.9. The highest BCUT2D eigenvalue weighted by Crippen LogP contribution is 2.56. The van der Waals surface area contributed by atoms with E-state index >= 15 is 0 Å². The van der Waals surface area contributed by atoms with E-state index < -0.39 is 10.8 Å². The molecule has 8 nitrogen and oxygen atoms in total. The summed E-state index contributed by atoms with van der Waals surface area (Å²) in [7, 11) is 3.51. The van der Waals surface area contributed by atoms with Gasteiger partial charge >= 0.3 is 0 Å². The van der Waals surface area contributed by atoms with Gasteiger partial charge in [0.15, 0.2) is 0 Å². The van der Waals surface area contributed by atoms with Crippen LogP contribution in [0.3, 0.4) is 0 Å². The van der Waals surface area contributed by atoms with Gasteiger partial charge in [-0.1, -0.05) is 20.8 Å². The highest BCUT2D eigenvalue weighted by Gasteiger charge is 2.58. The molecule has 8 heteroatoms. The Morgan fingerprint density at radius 3 is 2.56 bits per heavy atom. The fraction of sp³-hybridized carbons (Fsp3) is 0.684. The predicted octanol–water partition coefficient (Wildman–Crippen LogP) is 1.14. The molecule has 0 bridgehead atoms. The first-order valence-corrected chi connectivity index (χ1v) is 9.30. The average Bonchev–Trinajstić information content (AvgIpc) is 2.80. The van der Waals surface area contributed by atoms with Crippen LogP contribution in [-0.2, 0) is 9.59 Å². The monoisotopic (exact) mass is 377 g/mol. The molecule has 150 valence electrons. The van der Waals surface area contributed by atoms with Crippen LogP contribution in [-0.4, -0.2) is 53.9 Å². The highest BCUT2D eigenvalue weighted by molar-refractivity contribution is 5.87. The van der Waals surface area contributed by atoms with Crippen molar-refractivity contribution in [1.29, 1.82) is 0 Å². The zero-order chi connectivity index (χ0) is 20.4. The number of carbonyl (C=O) groups is 2.